The molecule has 1 aromatic heterocycles. The second-order valence-electron chi connectivity index (χ2n) is 3.49. The Bertz CT molecular complexity index is 598. The maximum Gasteiger partial charge on any atom is 0.170 e. The van der Waals surface area contributed by atoms with Gasteiger partial charge in [0.1, 0.15) is 0 Å². The van der Waals surface area contributed by atoms with Gasteiger partial charge in [-0.3, -0.25) is 0 Å². The minimum absolute atomic E-state index is 0.0948. The van der Waals surface area contributed by atoms with Gasteiger partial charge in [-0.25, -0.2) is 4.98 Å². The number of oxime groups is 1. The van der Waals surface area contributed by atoms with Gasteiger partial charge in [0, 0.05) is 26.0 Å². The third-order valence-corrected chi connectivity index (χ3v) is 5.18. The van der Waals surface area contributed by atoms with Crippen molar-refractivity contribution in [2.45, 2.75) is 16.2 Å². The second kappa shape index (κ2) is 5.73. The average molecular weight is 344 g/mol. The van der Waals surface area contributed by atoms with Crippen LogP contribution < -0.4 is 5.73 Å². The van der Waals surface area contributed by atoms with Gasteiger partial charge in [-0.05, 0) is 41.1 Å². The molecule has 0 aliphatic rings. The summed E-state index contributed by atoms with van der Waals surface area (Å²) in [5.41, 5.74) is 7.22. The third-order valence-electron chi connectivity index (χ3n) is 2.13. The Hall–Kier alpha value is -1.05. The van der Waals surface area contributed by atoms with Crippen molar-refractivity contribution in [1.82, 2.24) is 4.98 Å². The molecule has 3 N–H and O–H groups in total. The van der Waals surface area contributed by atoms with E-state index in [0.29, 0.717) is 5.56 Å². The van der Waals surface area contributed by atoms with Gasteiger partial charge in [0.2, 0.25) is 0 Å². The van der Waals surface area contributed by atoms with E-state index < -0.39 is 0 Å². The first kappa shape index (κ1) is 13.4. The van der Waals surface area contributed by atoms with Crippen LogP contribution in [-0.2, 0) is 0 Å². The van der Waals surface area contributed by atoms with Crippen LogP contribution in [0.15, 0.2) is 42.4 Å². The molecule has 0 fully saturated rings. The molecule has 94 valence electrons. The lowest BCUT2D eigenvalue weighted by Crippen LogP contribution is -2.12. The molecule has 4 nitrogen and oxygen atoms in total. The molecular formula is C11H10BrN3OS2. The maximum absolute atomic E-state index is 8.62. The third kappa shape index (κ3) is 3.04. The summed E-state index contributed by atoms with van der Waals surface area (Å²) in [4.78, 5) is 5.43. The van der Waals surface area contributed by atoms with Crippen molar-refractivity contribution in [3.63, 3.8) is 0 Å². The minimum Gasteiger partial charge on any atom is -0.409 e. The molecule has 0 amide bonds. The summed E-state index contributed by atoms with van der Waals surface area (Å²) < 4.78 is 1.88. The first-order valence-electron chi connectivity index (χ1n) is 4.97. The monoisotopic (exact) mass is 343 g/mol. The van der Waals surface area contributed by atoms with Gasteiger partial charge in [0.05, 0.1) is 0 Å². The molecule has 0 aliphatic carbocycles. The summed E-state index contributed by atoms with van der Waals surface area (Å²) in [6, 6.07) is 5.54. The van der Waals surface area contributed by atoms with Crippen molar-refractivity contribution in [2.75, 3.05) is 0 Å². The summed E-state index contributed by atoms with van der Waals surface area (Å²) >= 11 is 6.66. The molecule has 0 saturated carbocycles. The maximum atomic E-state index is 8.62. The van der Waals surface area contributed by atoms with Crippen LogP contribution in [0.2, 0.25) is 0 Å². The normalized spacial score (nSPS) is 11.8. The lowest BCUT2D eigenvalue weighted by atomic mass is 10.2. The molecule has 0 bridgehead atoms. The van der Waals surface area contributed by atoms with Crippen molar-refractivity contribution in [1.29, 1.82) is 0 Å². The first-order chi connectivity index (χ1) is 8.60. The highest BCUT2D eigenvalue weighted by Gasteiger charge is 2.08. The number of benzene rings is 1. The number of nitrogens with zero attached hydrogens (tertiary/aromatic N) is 2. The molecule has 2 aromatic rings. The van der Waals surface area contributed by atoms with E-state index in [1.54, 1.807) is 23.1 Å². The van der Waals surface area contributed by atoms with Crippen LogP contribution in [0.3, 0.4) is 0 Å². The molecule has 0 radical (unpaired) electrons. The number of halogens is 1. The van der Waals surface area contributed by atoms with Crippen LogP contribution in [0, 0.1) is 6.92 Å². The molecular weight excluding hydrogens is 334 g/mol. The number of hydrogen-bond donors (Lipinski definition) is 2. The smallest absolute Gasteiger partial charge is 0.170 e. The number of aryl methyl sites for hydroxylation is 1. The summed E-state index contributed by atoms with van der Waals surface area (Å²) in [7, 11) is 0. The van der Waals surface area contributed by atoms with Crippen LogP contribution in [0.5, 0.6) is 0 Å². The van der Waals surface area contributed by atoms with Gasteiger partial charge < -0.3 is 10.9 Å². The van der Waals surface area contributed by atoms with Crippen LogP contribution >= 0.6 is 39.0 Å². The number of rotatable bonds is 3. The van der Waals surface area contributed by atoms with E-state index in [2.05, 4.69) is 26.1 Å². The van der Waals surface area contributed by atoms with Crippen LogP contribution in [0.25, 0.3) is 0 Å². The fourth-order valence-corrected chi connectivity index (χ4v) is 3.69. The molecule has 1 aromatic carbocycles. The molecule has 1 heterocycles. The van der Waals surface area contributed by atoms with E-state index in [9.17, 15) is 0 Å². The SMILES string of the molecule is Cc1csc(Sc2ccc(/C(N)=N/O)cc2Br)n1. The largest absolute Gasteiger partial charge is 0.409 e. The van der Waals surface area contributed by atoms with E-state index >= 15 is 0 Å². The quantitative estimate of drug-likeness (QED) is 0.387. The summed E-state index contributed by atoms with van der Waals surface area (Å²) in [5.74, 6) is 0.0948. The van der Waals surface area contributed by atoms with Crippen molar-refractivity contribution < 1.29 is 5.21 Å². The summed E-state index contributed by atoms with van der Waals surface area (Å²) in [5, 5.41) is 13.6. The fourth-order valence-electron chi connectivity index (χ4n) is 1.27. The Kier molecular flexibility index (Phi) is 4.26. The predicted molar refractivity (Wildman–Crippen MR) is 77.6 cm³/mol. The predicted octanol–water partition coefficient (Wildman–Crippen LogP) is 3.46. The Morgan fingerprint density at radius 2 is 2.33 bits per heavy atom. The zero-order valence-electron chi connectivity index (χ0n) is 9.42. The first-order valence-corrected chi connectivity index (χ1v) is 7.46. The minimum atomic E-state index is 0.0948. The van der Waals surface area contributed by atoms with E-state index in [1.165, 1.54) is 0 Å². The van der Waals surface area contributed by atoms with Crippen LogP contribution in [-0.4, -0.2) is 16.0 Å². The highest BCUT2D eigenvalue weighted by Crippen LogP contribution is 2.35. The molecule has 0 atom stereocenters. The van der Waals surface area contributed by atoms with Crippen molar-refractivity contribution in [3.05, 3.63) is 39.3 Å². The van der Waals surface area contributed by atoms with Gasteiger partial charge in [0.25, 0.3) is 0 Å². The molecule has 0 aliphatic heterocycles. The number of thiazole rings is 1. The summed E-state index contributed by atoms with van der Waals surface area (Å²) in [6.45, 7) is 1.97. The lowest BCUT2D eigenvalue weighted by Gasteiger charge is -2.04. The zero-order chi connectivity index (χ0) is 13.1. The number of nitrogens with two attached hydrogens (primary N) is 1. The Labute approximate surface area is 121 Å². The topological polar surface area (TPSA) is 71.5 Å². The molecule has 18 heavy (non-hydrogen) atoms. The number of amidine groups is 1. The van der Waals surface area contributed by atoms with Gasteiger partial charge in [-0.2, -0.15) is 0 Å². The number of aromatic nitrogens is 1. The van der Waals surface area contributed by atoms with Gasteiger partial charge in [0.15, 0.2) is 10.2 Å². The standard InChI is InChI=1S/C11H10BrN3OS2/c1-6-5-17-11(14-6)18-9-3-2-7(4-8(9)12)10(13)15-16/h2-5,16H,1H3,(H2,13,15). The highest BCUT2D eigenvalue weighted by atomic mass is 79.9. The molecule has 0 saturated heterocycles. The van der Waals surface area contributed by atoms with Gasteiger partial charge in [-0.15, -0.1) is 11.3 Å². The van der Waals surface area contributed by atoms with Crippen molar-refractivity contribution >= 4 is 44.9 Å². The fraction of sp³-hybridized carbons (Fsp3) is 0.0909. The summed E-state index contributed by atoms with van der Waals surface area (Å²) in [6.07, 6.45) is 0. The van der Waals surface area contributed by atoms with Crippen LogP contribution in [0.4, 0.5) is 0 Å². The van der Waals surface area contributed by atoms with Gasteiger partial charge in [-0.1, -0.05) is 16.9 Å². The Balaban J connectivity index is 2.25. The Morgan fingerprint density at radius 1 is 1.56 bits per heavy atom. The average Bonchev–Trinajstić information content (AvgIpc) is 2.76. The van der Waals surface area contributed by atoms with Crippen LogP contribution in [0.1, 0.15) is 11.3 Å². The van der Waals surface area contributed by atoms with Gasteiger partial charge >= 0.3 is 0 Å². The zero-order valence-corrected chi connectivity index (χ0v) is 12.6. The molecule has 2 rings (SSSR count). The number of hydrogen-bond acceptors (Lipinski definition) is 5. The molecule has 7 heteroatoms. The van der Waals surface area contributed by atoms with E-state index in [-0.39, 0.29) is 5.84 Å². The van der Waals surface area contributed by atoms with E-state index in [1.807, 2.05) is 30.5 Å². The second-order valence-corrected chi connectivity index (χ2v) is 6.49. The highest BCUT2D eigenvalue weighted by molar-refractivity contribution is 9.10. The molecule has 0 unspecified atom stereocenters. The lowest BCUT2D eigenvalue weighted by molar-refractivity contribution is 0.318. The van der Waals surface area contributed by atoms with E-state index in [4.69, 9.17) is 10.9 Å². The molecule has 0 spiro atoms. The van der Waals surface area contributed by atoms with Crippen molar-refractivity contribution in [3.8, 4) is 0 Å². The van der Waals surface area contributed by atoms with Crippen molar-refractivity contribution in [2.24, 2.45) is 10.9 Å². The Morgan fingerprint density at radius 3 is 2.89 bits per heavy atom. The van der Waals surface area contributed by atoms with E-state index in [0.717, 1.165) is 19.4 Å².